The number of nitrogens with one attached hydrogen (secondary N) is 1. The molecule has 7 heteroatoms. The van der Waals surface area contributed by atoms with Gasteiger partial charge in [0, 0.05) is 26.2 Å². The van der Waals surface area contributed by atoms with Crippen molar-refractivity contribution in [3.05, 3.63) is 18.0 Å². The van der Waals surface area contributed by atoms with E-state index in [-0.39, 0.29) is 11.7 Å². The Morgan fingerprint density at radius 1 is 1.65 bits per heavy atom. The van der Waals surface area contributed by atoms with Crippen LogP contribution in [0.4, 0.5) is 0 Å². The fraction of sp³-hybridized carbons (Fsp3) is 0.500. The van der Waals surface area contributed by atoms with Gasteiger partial charge in [0.15, 0.2) is 0 Å². The Kier molecular flexibility index (Phi) is 4.99. The van der Waals surface area contributed by atoms with Crippen LogP contribution in [0.2, 0.25) is 0 Å². The van der Waals surface area contributed by atoms with Crippen LogP contribution in [0.25, 0.3) is 0 Å². The van der Waals surface area contributed by atoms with E-state index in [9.17, 15) is 4.79 Å². The zero-order valence-electron chi connectivity index (χ0n) is 9.76. The van der Waals surface area contributed by atoms with Crippen LogP contribution in [-0.2, 0) is 7.05 Å². The maximum Gasteiger partial charge on any atom is 0.269 e. The molecule has 0 aromatic carbocycles. The summed E-state index contributed by atoms with van der Waals surface area (Å²) in [6, 6.07) is 1.66. The molecule has 0 fully saturated rings. The molecule has 0 radical (unpaired) electrons. The van der Waals surface area contributed by atoms with Gasteiger partial charge in [0.2, 0.25) is 0 Å². The number of rotatable bonds is 6. The Labute approximate surface area is 99.3 Å². The average Bonchev–Trinajstić information content (AvgIpc) is 2.74. The Morgan fingerprint density at radius 2 is 2.41 bits per heavy atom. The van der Waals surface area contributed by atoms with Crippen LogP contribution in [-0.4, -0.2) is 33.3 Å². The van der Waals surface area contributed by atoms with E-state index >= 15 is 0 Å². The van der Waals surface area contributed by atoms with Crippen molar-refractivity contribution in [2.75, 3.05) is 6.54 Å². The van der Waals surface area contributed by atoms with E-state index in [4.69, 9.17) is 10.9 Å². The molecule has 0 unspecified atom stereocenters. The fourth-order valence-corrected chi connectivity index (χ4v) is 1.37. The number of unbranched alkanes of at least 4 members (excludes halogenated alkanes) is 1. The number of amides is 1. The highest BCUT2D eigenvalue weighted by molar-refractivity contribution is 5.92. The molecule has 4 N–H and O–H groups in total. The van der Waals surface area contributed by atoms with Gasteiger partial charge in [-0.3, -0.25) is 9.48 Å². The fourth-order valence-electron chi connectivity index (χ4n) is 1.37. The Balaban J connectivity index is 2.20. The first kappa shape index (κ1) is 13.0. The van der Waals surface area contributed by atoms with E-state index in [2.05, 4.69) is 15.6 Å². The van der Waals surface area contributed by atoms with Crippen LogP contribution in [0.15, 0.2) is 17.4 Å². The van der Waals surface area contributed by atoms with Crippen molar-refractivity contribution < 1.29 is 10.0 Å². The molecule has 1 heterocycles. The van der Waals surface area contributed by atoms with Crippen molar-refractivity contribution in [1.82, 2.24) is 15.1 Å². The molecule has 0 aliphatic carbocycles. The van der Waals surface area contributed by atoms with Gasteiger partial charge in [-0.15, -0.1) is 0 Å². The number of amidine groups is 1. The van der Waals surface area contributed by atoms with Crippen LogP contribution in [0.1, 0.15) is 29.8 Å². The summed E-state index contributed by atoms with van der Waals surface area (Å²) >= 11 is 0. The maximum atomic E-state index is 11.6. The number of aryl methyl sites for hydroxylation is 1. The summed E-state index contributed by atoms with van der Waals surface area (Å²) < 4.78 is 1.52. The number of nitrogens with two attached hydrogens (primary N) is 1. The molecule has 17 heavy (non-hydrogen) atoms. The molecule has 0 spiro atoms. The summed E-state index contributed by atoms with van der Waals surface area (Å²) in [6.07, 6.45) is 3.65. The smallest absolute Gasteiger partial charge is 0.269 e. The molecule has 0 atom stereocenters. The summed E-state index contributed by atoms with van der Waals surface area (Å²) in [5.41, 5.74) is 5.84. The van der Waals surface area contributed by atoms with Gasteiger partial charge in [0.05, 0.1) is 0 Å². The van der Waals surface area contributed by atoms with E-state index in [1.54, 1.807) is 19.3 Å². The molecule has 0 aliphatic heterocycles. The molecule has 1 amide bonds. The second-order valence-electron chi connectivity index (χ2n) is 3.64. The van der Waals surface area contributed by atoms with Crippen molar-refractivity contribution >= 4 is 11.7 Å². The van der Waals surface area contributed by atoms with E-state index < -0.39 is 0 Å². The van der Waals surface area contributed by atoms with Crippen LogP contribution < -0.4 is 11.1 Å². The van der Waals surface area contributed by atoms with Crippen molar-refractivity contribution in [2.24, 2.45) is 17.9 Å². The van der Waals surface area contributed by atoms with Crippen molar-refractivity contribution in [3.63, 3.8) is 0 Å². The minimum absolute atomic E-state index is 0.145. The second-order valence-corrected chi connectivity index (χ2v) is 3.64. The highest BCUT2D eigenvalue weighted by Gasteiger charge is 2.08. The quantitative estimate of drug-likeness (QED) is 0.215. The van der Waals surface area contributed by atoms with Gasteiger partial charge in [-0.25, -0.2) is 0 Å². The van der Waals surface area contributed by atoms with Gasteiger partial charge in [-0.1, -0.05) is 5.16 Å². The summed E-state index contributed by atoms with van der Waals surface area (Å²) in [5.74, 6) is 0.0664. The molecule has 1 aromatic heterocycles. The van der Waals surface area contributed by atoms with Crippen molar-refractivity contribution in [3.8, 4) is 0 Å². The maximum absolute atomic E-state index is 11.6. The van der Waals surface area contributed by atoms with Crippen LogP contribution >= 0.6 is 0 Å². The van der Waals surface area contributed by atoms with Crippen molar-refractivity contribution in [1.29, 1.82) is 0 Å². The van der Waals surface area contributed by atoms with Gasteiger partial charge >= 0.3 is 0 Å². The zero-order valence-corrected chi connectivity index (χ0v) is 9.76. The molecule has 7 nitrogen and oxygen atoms in total. The molecular weight excluding hydrogens is 222 g/mol. The third-order valence-corrected chi connectivity index (χ3v) is 2.33. The lowest BCUT2D eigenvalue weighted by atomic mass is 10.2. The molecule has 0 saturated carbocycles. The number of hydrogen-bond acceptors (Lipinski definition) is 4. The summed E-state index contributed by atoms with van der Waals surface area (Å²) in [7, 11) is 1.72. The standard InChI is InChI=1S/C10H17N5O2/c1-15-8(5-7-13-15)10(16)12-6-3-2-4-9(11)14-17/h5,7,17H,2-4,6H2,1H3,(H2,11,14)(H,12,16). The van der Waals surface area contributed by atoms with Gasteiger partial charge < -0.3 is 16.3 Å². The predicted molar refractivity (Wildman–Crippen MR) is 62.8 cm³/mol. The van der Waals surface area contributed by atoms with Crippen LogP contribution in [0.5, 0.6) is 0 Å². The lowest BCUT2D eigenvalue weighted by Crippen LogP contribution is -2.26. The molecule has 94 valence electrons. The predicted octanol–water partition coefficient (Wildman–Crippen LogP) is 0.0666. The van der Waals surface area contributed by atoms with E-state index in [0.717, 1.165) is 12.8 Å². The van der Waals surface area contributed by atoms with Gasteiger partial charge in [0.1, 0.15) is 11.5 Å². The van der Waals surface area contributed by atoms with E-state index in [0.29, 0.717) is 18.7 Å². The Morgan fingerprint density at radius 3 is 3.00 bits per heavy atom. The SMILES string of the molecule is Cn1nccc1C(=O)NCCCCC(N)=NO. The molecule has 0 aliphatic rings. The number of hydrogen-bond donors (Lipinski definition) is 3. The number of carbonyl (C=O) groups is 1. The van der Waals surface area contributed by atoms with E-state index in [1.165, 1.54) is 4.68 Å². The normalized spacial score (nSPS) is 11.5. The largest absolute Gasteiger partial charge is 0.409 e. The third-order valence-electron chi connectivity index (χ3n) is 2.33. The molecule has 0 saturated heterocycles. The van der Waals surface area contributed by atoms with Crippen LogP contribution in [0, 0.1) is 0 Å². The minimum atomic E-state index is -0.145. The minimum Gasteiger partial charge on any atom is -0.409 e. The molecule has 1 rings (SSSR count). The highest BCUT2D eigenvalue weighted by atomic mass is 16.4. The molecule has 1 aromatic rings. The lowest BCUT2D eigenvalue weighted by Gasteiger charge is -2.04. The van der Waals surface area contributed by atoms with Gasteiger partial charge in [-0.05, 0) is 18.9 Å². The Bertz CT molecular complexity index is 399. The average molecular weight is 239 g/mol. The van der Waals surface area contributed by atoms with Crippen molar-refractivity contribution in [2.45, 2.75) is 19.3 Å². The molecular formula is C10H17N5O2. The molecule has 0 bridgehead atoms. The second kappa shape index (κ2) is 6.51. The lowest BCUT2D eigenvalue weighted by molar-refractivity contribution is 0.0943. The van der Waals surface area contributed by atoms with E-state index in [1.807, 2.05) is 0 Å². The summed E-state index contributed by atoms with van der Waals surface area (Å²) in [4.78, 5) is 11.6. The first-order chi connectivity index (χ1) is 8.15. The first-order valence-corrected chi connectivity index (χ1v) is 5.37. The number of aromatic nitrogens is 2. The number of oxime groups is 1. The monoisotopic (exact) mass is 239 g/mol. The Hall–Kier alpha value is -2.05. The first-order valence-electron chi connectivity index (χ1n) is 5.37. The van der Waals surface area contributed by atoms with Crippen LogP contribution in [0.3, 0.4) is 0 Å². The topological polar surface area (TPSA) is 106 Å². The number of nitrogens with zero attached hydrogens (tertiary/aromatic N) is 3. The summed E-state index contributed by atoms with van der Waals surface area (Å²) in [6.45, 7) is 0.558. The number of carbonyl (C=O) groups excluding carboxylic acids is 1. The highest BCUT2D eigenvalue weighted by Crippen LogP contribution is 1.97. The van der Waals surface area contributed by atoms with Gasteiger partial charge in [0.25, 0.3) is 5.91 Å². The zero-order chi connectivity index (χ0) is 12.7. The third kappa shape index (κ3) is 4.13. The van der Waals surface area contributed by atoms with Gasteiger partial charge in [-0.2, -0.15) is 5.10 Å². The summed E-state index contributed by atoms with van der Waals surface area (Å²) in [5, 5.41) is 17.9.